The van der Waals surface area contributed by atoms with Crippen molar-refractivity contribution in [2.45, 2.75) is 9.79 Å². The van der Waals surface area contributed by atoms with E-state index in [1.165, 1.54) is 11.3 Å². The van der Waals surface area contributed by atoms with Gasteiger partial charge in [0.1, 0.15) is 23.1 Å². The summed E-state index contributed by atoms with van der Waals surface area (Å²) in [6.07, 6.45) is 0. The van der Waals surface area contributed by atoms with E-state index in [1.807, 2.05) is 66.0 Å². The summed E-state index contributed by atoms with van der Waals surface area (Å²) in [6.45, 7) is 0. The van der Waals surface area contributed by atoms with E-state index in [9.17, 15) is 10.1 Å². The van der Waals surface area contributed by atoms with E-state index in [0.29, 0.717) is 11.3 Å². The Morgan fingerprint density at radius 1 is 1.06 bits per heavy atom. The van der Waals surface area contributed by atoms with Gasteiger partial charge in [-0.3, -0.25) is 5.32 Å². The quantitative estimate of drug-likeness (QED) is 0.352. The van der Waals surface area contributed by atoms with Crippen LogP contribution < -0.4 is 15.8 Å². The normalized spacial score (nSPS) is 11.6. The zero-order valence-corrected chi connectivity index (χ0v) is 17.6. The van der Waals surface area contributed by atoms with E-state index in [1.54, 1.807) is 11.8 Å². The lowest BCUT2D eigenvalue weighted by atomic mass is 10.0. The predicted octanol–water partition coefficient (Wildman–Crippen LogP) is 6.10. The van der Waals surface area contributed by atoms with Crippen molar-refractivity contribution in [2.24, 2.45) is 5.73 Å². The van der Waals surface area contributed by atoms with Crippen molar-refractivity contribution in [3.05, 3.63) is 71.6 Å². The molecule has 0 unspecified atom stereocenters. The van der Waals surface area contributed by atoms with Crippen LogP contribution in [0.4, 0.5) is 10.6 Å². The number of carbonyl (C=O) groups is 1. The van der Waals surface area contributed by atoms with Gasteiger partial charge in [-0.05, 0) is 47.8 Å². The average molecular weight is 443 g/mol. The molecular formula is C23H14N4O2S2. The van der Waals surface area contributed by atoms with Gasteiger partial charge in [-0.25, -0.2) is 9.78 Å². The number of aromatic nitrogens is 1. The lowest BCUT2D eigenvalue weighted by Crippen LogP contribution is -2.21. The lowest BCUT2D eigenvalue weighted by molar-refractivity contribution is 0.259. The van der Waals surface area contributed by atoms with Crippen LogP contribution in [0.15, 0.2) is 75.8 Å². The molecule has 0 aliphatic carbocycles. The second-order valence-electron chi connectivity index (χ2n) is 6.67. The number of fused-ring (bicyclic) bond motifs is 2. The SMILES string of the molecule is N#Cc1c(-c2cccs2)cc(-c2ccc3c(c2)Sc2ccccc2O3)nc1NC(N)=O. The van der Waals surface area contributed by atoms with Gasteiger partial charge in [0.15, 0.2) is 5.82 Å². The monoisotopic (exact) mass is 442 g/mol. The molecule has 2 aromatic carbocycles. The fourth-order valence-corrected chi connectivity index (χ4v) is 5.07. The molecular weight excluding hydrogens is 428 g/mol. The highest BCUT2D eigenvalue weighted by Gasteiger charge is 2.20. The Balaban J connectivity index is 1.63. The van der Waals surface area contributed by atoms with Crippen LogP contribution in [0, 0.1) is 11.3 Å². The van der Waals surface area contributed by atoms with Crippen molar-refractivity contribution >= 4 is 34.9 Å². The number of anilines is 1. The fraction of sp³-hybridized carbons (Fsp3) is 0. The maximum absolute atomic E-state index is 11.5. The summed E-state index contributed by atoms with van der Waals surface area (Å²) in [5.41, 5.74) is 7.75. The van der Waals surface area contributed by atoms with Gasteiger partial charge >= 0.3 is 6.03 Å². The molecule has 4 aromatic rings. The third-order valence-corrected chi connectivity index (χ3v) is 6.69. The number of nitrogens with one attached hydrogen (secondary N) is 1. The Morgan fingerprint density at radius 2 is 1.90 bits per heavy atom. The minimum Gasteiger partial charge on any atom is -0.455 e. The first kappa shape index (κ1) is 19.2. The number of rotatable bonds is 3. The summed E-state index contributed by atoms with van der Waals surface area (Å²) >= 11 is 3.13. The predicted molar refractivity (Wildman–Crippen MR) is 122 cm³/mol. The highest BCUT2D eigenvalue weighted by Crippen LogP contribution is 2.48. The minimum atomic E-state index is -0.774. The first-order valence-electron chi connectivity index (χ1n) is 9.27. The third-order valence-electron chi connectivity index (χ3n) is 4.69. The van der Waals surface area contributed by atoms with Crippen LogP contribution in [-0.2, 0) is 0 Å². The van der Waals surface area contributed by atoms with Crippen molar-refractivity contribution in [1.82, 2.24) is 4.98 Å². The number of nitrogens with two attached hydrogens (primary N) is 1. The number of primary amides is 1. The first-order chi connectivity index (χ1) is 15.1. The Kier molecular flexibility index (Phi) is 4.82. The second-order valence-corrected chi connectivity index (χ2v) is 8.70. The summed E-state index contributed by atoms with van der Waals surface area (Å²) < 4.78 is 6.01. The Bertz CT molecular complexity index is 1360. The maximum atomic E-state index is 11.5. The summed E-state index contributed by atoms with van der Waals surface area (Å²) in [4.78, 5) is 19.0. The van der Waals surface area contributed by atoms with Crippen LogP contribution in [0.1, 0.15) is 5.56 Å². The third kappa shape index (κ3) is 3.61. The van der Waals surface area contributed by atoms with Crippen LogP contribution in [0.2, 0.25) is 0 Å². The molecule has 0 radical (unpaired) electrons. The van der Waals surface area contributed by atoms with E-state index in [2.05, 4.69) is 16.4 Å². The van der Waals surface area contributed by atoms with E-state index in [4.69, 9.17) is 10.5 Å². The summed E-state index contributed by atoms with van der Waals surface area (Å²) in [5.74, 6) is 1.75. The molecule has 5 rings (SSSR count). The lowest BCUT2D eigenvalue weighted by Gasteiger charge is -2.20. The van der Waals surface area contributed by atoms with Crippen molar-refractivity contribution in [2.75, 3.05) is 5.32 Å². The molecule has 8 heteroatoms. The number of nitrogens with zero attached hydrogens (tertiary/aromatic N) is 2. The molecule has 0 atom stereocenters. The molecule has 0 saturated heterocycles. The molecule has 0 spiro atoms. The van der Waals surface area contributed by atoms with Crippen molar-refractivity contribution in [3.63, 3.8) is 0 Å². The number of nitriles is 1. The molecule has 0 fully saturated rings. The van der Waals surface area contributed by atoms with Crippen molar-refractivity contribution in [3.8, 4) is 39.3 Å². The van der Waals surface area contributed by atoms with Gasteiger partial charge in [-0.1, -0.05) is 30.0 Å². The van der Waals surface area contributed by atoms with E-state index >= 15 is 0 Å². The van der Waals surface area contributed by atoms with Crippen molar-refractivity contribution in [1.29, 1.82) is 5.26 Å². The number of urea groups is 1. The minimum absolute atomic E-state index is 0.142. The second kappa shape index (κ2) is 7.80. The zero-order chi connectivity index (χ0) is 21.4. The smallest absolute Gasteiger partial charge is 0.317 e. The van der Waals surface area contributed by atoms with Crippen LogP contribution >= 0.6 is 23.1 Å². The Labute approximate surface area is 186 Å². The molecule has 6 nitrogen and oxygen atoms in total. The maximum Gasteiger partial charge on any atom is 0.317 e. The Hall–Kier alpha value is -3.80. The molecule has 0 bridgehead atoms. The number of para-hydroxylation sites is 1. The van der Waals surface area contributed by atoms with Crippen LogP contribution in [0.5, 0.6) is 11.5 Å². The van der Waals surface area contributed by atoms with Gasteiger partial charge in [0, 0.05) is 16.0 Å². The molecule has 1 aliphatic heterocycles. The molecule has 3 heterocycles. The number of ether oxygens (including phenoxy) is 1. The molecule has 1 aliphatic rings. The number of amides is 2. The highest BCUT2D eigenvalue weighted by atomic mass is 32.2. The number of thiophene rings is 1. The molecule has 3 N–H and O–H groups in total. The first-order valence-corrected chi connectivity index (χ1v) is 11.0. The van der Waals surface area contributed by atoms with Gasteiger partial charge in [-0.15, -0.1) is 11.3 Å². The summed E-state index contributed by atoms with van der Waals surface area (Å²) in [7, 11) is 0. The number of benzene rings is 2. The molecule has 2 aromatic heterocycles. The number of hydrogen-bond donors (Lipinski definition) is 2. The van der Waals surface area contributed by atoms with Gasteiger partial charge in [-0.2, -0.15) is 5.26 Å². The Morgan fingerprint density at radius 3 is 2.68 bits per heavy atom. The largest absolute Gasteiger partial charge is 0.455 e. The molecule has 0 saturated carbocycles. The fourth-order valence-electron chi connectivity index (χ4n) is 3.33. The summed E-state index contributed by atoms with van der Waals surface area (Å²) in [5, 5.41) is 14.2. The van der Waals surface area contributed by atoms with Crippen LogP contribution in [0.3, 0.4) is 0 Å². The molecule has 2 amide bonds. The van der Waals surface area contributed by atoms with E-state index in [-0.39, 0.29) is 11.4 Å². The average Bonchev–Trinajstić information content (AvgIpc) is 3.31. The van der Waals surface area contributed by atoms with Gasteiger partial charge < -0.3 is 10.5 Å². The highest BCUT2D eigenvalue weighted by molar-refractivity contribution is 7.99. The van der Waals surface area contributed by atoms with Crippen LogP contribution in [0.25, 0.3) is 21.7 Å². The molecule has 150 valence electrons. The van der Waals surface area contributed by atoms with E-state index < -0.39 is 6.03 Å². The number of hydrogen-bond acceptors (Lipinski definition) is 6. The van der Waals surface area contributed by atoms with Crippen LogP contribution in [-0.4, -0.2) is 11.0 Å². The zero-order valence-electron chi connectivity index (χ0n) is 16.0. The number of carbonyl (C=O) groups excluding carboxylic acids is 1. The summed E-state index contributed by atoms with van der Waals surface area (Å²) in [6, 6.07) is 20.7. The van der Waals surface area contributed by atoms with E-state index in [0.717, 1.165) is 31.7 Å². The van der Waals surface area contributed by atoms with Gasteiger partial charge in [0.05, 0.1) is 15.5 Å². The van der Waals surface area contributed by atoms with Gasteiger partial charge in [0.25, 0.3) is 0 Å². The standard InChI is InChI=1S/C23H14N4O2S2/c24-12-15-14(19-6-3-9-30-19)11-16(26-22(15)27-23(25)28)13-7-8-18-21(10-13)31-20-5-2-1-4-17(20)29-18/h1-11H,(H3,25,26,27,28). The molecule has 31 heavy (non-hydrogen) atoms. The van der Waals surface area contributed by atoms with Crippen molar-refractivity contribution < 1.29 is 9.53 Å². The van der Waals surface area contributed by atoms with Gasteiger partial charge in [0.2, 0.25) is 0 Å². The topological polar surface area (TPSA) is 101 Å². The number of pyridine rings is 1.